The Morgan fingerprint density at radius 2 is 2.36 bits per heavy atom. The van der Waals surface area contributed by atoms with Crippen molar-refractivity contribution < 1.29 is 10.0 Å². The van der Waals surface area contributed by atoms with Gasteiger partial charge in [-0.25, -0.2) is 0 Å². The summed E-state index contributed by atoms with van der Waals surface area (Å²) >= 11 is 0. The van der Waals surface area contributed by atoms with Crippen molar-refractivity contribution in [2.45, 2.75) is 6.42 Å². The van der Waals surface area contributed by atoms with Crippen LogP contribution in [0.2, 0.25) is 0 Å². The number of aliphatic hydroxyl groups excluding tert-OH is 1. The number of pyridine rings is 1. The van der Waals surface area contributed by atoms with Crippen LogP contribution in [0.4, 0.5) is 11.5 Å². The molecule has 0 unspecified atom stereocenters. The molecule has 0 aliphatic heterocycles. The van der Waals surface area contributed by atoms with E-state index in [1.165, 1.54) is 12.3 Å². The Morgan fingerprint density at radius 3 is 2.86 bits per heavy atom. The van der Waals surface area contributed by atoms with E-state index in [1.54, 1.807) is 6.07 Å². The Kier molecular flexibility index (Phi) is 3.81. The van der Waals surface area contributed by atoms with Gasteiger partial charge < -0.3 is 20.5 Å². The van der Waals surface area contributed by atoms with Gasteiger partial charge in [0, 0.05) is 19.2 Å². The van der Waals surface area contributed by atoms with Crippen LogP contribution in [0.15, 0.2) is 18.3 Å². The number of anilines is 1. The second-order valence-corrected chi connectivity index (χ2v) is 2.67. The predicted molar refractivity (Wildman–Crippen MR) is 51.1 cm³/mol. The number of nitrogens with one attached hydrogen (secondary N) is 1. The lowest BCUT2D eigenvalue weighted by molar-refractivity contribution is -0.389. The van der Waals surface area contributed by atoms with E-state index < -0.39 is 4.92 Å². The van der Waals surface area contributed by atoms with Gasteiger partial charge in [-0.2, -0.15) is 0 Å². The zero-order chi connectivity index (χ0) is 10.4. The number of nitrogens with zero attached hydrogens (tertiary/aromatic N) is 2. The fraction of sp³-hybridized carbons (Fsp3) is 0.375. The second-order valence-electron chi connectivity index (χ2n) is 2.67. The molecule has 0 saturated carbocycles. The molecular formula is C8H11N3O3. The van der Waals surface area contributed by atoms with Crippen molar-refractivity contribution in [1.29, 1.82) is 0 Å². The van der Waals surface area contributed by atoms with E-state index in [0.717, 1.165) is 0 Å². The average Bonchev–Trinajstić information content (AvgIpc) is 2.19. The predicted octanol–water partition coefficient (Wildman–Crippen LogP) is 0.784. The van der Waals surface area contributed by atoms with Gasteiger partial charge in [-0.15, -0.1) is 0 Å². The van der Waals surface area contributed by atoms with E-state index in [-0.39, 0.29) is 12.4 Å². The second kappa shape index (κ2) is 5.13. The highest BCUT2D eigenvalue weighted by molar-refractivity contribution is 5.43. The van der Waals surface area contributed by atoms with Crippen molar-refractivity contribution in [2.24, 2.45) is 0 Å². The average molecular weight is 197 g/mol. The molecule has 0 bridgehead atoms. The van der Waals surface area contributed by atoms with Gasteiger partial charge in [0.15, 0.2) is 6.20 Å². The van der Waals surface area contributed by atoms with E-state index in [0.29, 0.717) is 18.7 Å². The summed E-state index contributed by atoms with van der Waals surface area (Å²) in [4.78, 5) is 13.4. The Balaban J connectivity index is 2.51. The molecule has 0 radical (unpaired) electrons. The highest BCUT2D eigenvalue weighted by Crippen LogP contribution is 2.10. The molecule has 0 aliphatic rings. The van der Waals surface area contributed by atoms with Crippen LogP contribution in [0.25, 0.3) is 0 Å². The lowest BCUT2D eigenvalue weighted by Crippen LogP contribution is -2.03. The minimum atomic E-state index is -0.544. The highest BCUT2D eigenvalue weighted by Gasteiger charge is 2.05. The van der Waals surface area contributed by atoms with Crippen LogP contribution in [0.3, 0.4) is 0 Å². The van der Waals surface area contributed by atoms with Crippen LogP contribution in [0, 0.1) is 10.1 Å². The molecule has 6 heteroatoms. The van der Waals surface area contributed by atoms with E-state index in [4.69, 9.17) is 5.11 Å². The molecule has 1 aromatic heterocycles. The molecule has 0 fully saturated rings. The molecule has 0 atom stereocenters. The van der Waals surface area contributed by atoms with Crippen LogP contribution in [0.1, 0.15) is 6.42 Å². The van der Waals surface area contributed by atoms with Crippen LogP contribution in [0.5, 0.6) is 0 Å². The van der Waals surface area contributed by atoms with Gasteiger partial charge in [0.05, 0.1) is 5.69 Å². The van der Waals surface area contributed by atoms with Crippen LogP contribution >= 0.6 is 0 Å². The number of hydrogen-bond acceptors (Lipinski definition) is 5. The Hall–Kier alpha value is -1.69. The molecule has 0 saturated heterocycles. The van der Waals surface area contributed by atoms with Crippen molar-refractivity contribution in [1.82, 2.24) is 4.98 Å². The van der Waals surface area contributed by atoms with Crippen LogP contribution in [-0.2, 0) is 0 Å². The molecule has 0 aliphatic carbocycles. The largest absolute Gasteiger partial charge is 0.396 e. The zero-order valence-corrected chi connectivity index (χ0v) is 7.51. The summed E-state index contributed by atoms with van der Waals surface area (Å²) in [6.07, 6.45) is 2.03. The first-order valence-electron chi connectivity index (χ1n) is 4.19. The monoisotopic (exact) mass is 197 g/mol. The summed E-state index contributed by atoms with van der Waals surface area (Å²) in [6, 6.07) is 2.92. The molecule has 76 valence electrons. The minimum absolute atomic E-state index is 0.118. The first kappa shape index (κ1) is 10.4. The lowest BCUT2D eigenvalue weighted by Gasteiger charge is -2.01. The molecule has 0 spiro atoms. The molecule has 0 aromatic carbocycles. The van der Waals surface area contributed by atoms with Gasteiger partial charge >= 0.3 is 5.82 Å². The summed E-state index contributed by atoms with van der Waals surface area (Å²) in [6.45, 7) is 0.739. The molecule has 1 aromatic rings. The van der Waals surface area contributed by atoms with Gasteiger partial charge in [-0.05, 0) is 22.4 Å². The zero-order valence-electron chi connectivity index (χ0n) is 7.51. The van der Waals surface area contributed by atoms with Crippen LogP contribution < -0.4 is 5.32 Å². The van der Waals surface area contributed by atoms with Crippen molar-refractivity contribution in [3.05, 3.63) is 28.4 Å². The van der Waals surface area contributed by atoms with Crippen molar-refractivity contribution in [3.63, 3.8) is 0 Å². The maximum absolute atomic E-state index is 10.3. The molecule has 14 heavy (non-hydrogen) atoms. The van der Waals surface area contributed by atoms with E-state index in [9.17, 15) is 10.1 Å². The van der Waals surface area contributed by atoms with Gasteiger partial charge in [0.2, 0.25) is 0 Å². The summed E-state index contributed by atoms with van der Waals surface area (Å²) in [5.41, 5.74) is 0.712. The smallest absolute Gasteiger partial charge is 0.363 e. The van der Waals surface area contributed by atoms with E-state index >= 15 is 0 Å². The maximum atomic E-state index is 10.3. The van der Waals surface area contributed by atoms with Crippen LogP contribution in [-0.4, -0.2) is 28.2 Å². The summed E-state index contributed by atoms with van der Waals surface area (Å²) in [5.74, 6) is -0.169. The Labute approximate surface area is 80.7 Å². The van der Waals surface area contributed by atoms with Gasteiger partial charge in [0.25, 0.3) is 0 Å². The van der Waals surface area contributed by atoms with Crippen molar-refractivity contribution in [2.75, 3.05) is 18.5 Å². The topological polar surface area (TPSA) is 88.3 Å². The Bertz CT molecular complexity index is 299. The number of rotatable bonds is 5. The van der Waals surface area contributed by atoms with Gasteiger partial charge in [-0.3, -0.25) is 0 Å². The molecule has 1 heterocycles. The number of nitro groups is 1. The quantitative estimate of drug-likeness (QED) is 0.413. The normalized spacial score (nSPS) is 9.79. The molecule has 1 rings (SSSR count). The maximum Gasteiger partial charge on any atom is 0.363 e. The molecule has 6 nitrogen and oxygen atoms in total. The van der Waals surface area contributed by atoms with Gasteiger partial charge in [0.1, 0.15) is 0 Å². The molecule has 0 amide bonds. The highest BCUT2D eigenvalue weighted by atomic mass is 16.6. The first-order chi connectivity index (χ1) is 6.74. The third kappa shape index (κ3) is 2.98. The molecular weight excluding hydrogens is 186 g/mol. The molecule has 2 N–H and O–H groups in total. The standard InChI is InChI=1S/C8H11N3O3/c12-5-1-4-9-7-2-3-8(10-6-7)11(13)14/h2-3,6,9,12H,1,4-5H2. The third-order valence-electron chi connectivity index (χ3n) is 1.60. The number of aliphatic hydroxyl groups is 1. The van der Waals surface area contributed by atoms with Crippen molar-refractivity contribution in [3.8, 4) is 0 Å². The minimum Gasteiger partial charge on any atom is -0.396 e. The lowest BCUT2D eigenvalue weighted by atomic mass is 10.4. The number of hydrogen-bond donors (Lipinski definition) is 2. The number of aromatic nitrogens is 1. The summed E-state index contributed by atoms with van der Waals surface area (Å²) in [7, 11) is 0. The fourth-order valence-corrected chi connectivity index (χ4v) is 0.910. The summed E-state index contributed by atoms with van der Waals surface area (Å²) < 4.78 is 0. The van der Waals surface area contributed by atoms with E-state index in [2.05, 4.69) is 10.3 Å². The fourth-order valence-electron chi connectivity index (χ4n) is 0.910. The van der Waals surface area contributed by atoms with E-state index in [1.807, 2.05) is 0 Å². The SMILES string of the molecule is O=[N+]([O-])c1ccc(NCCCO)cn1. The van der Waals surface area contributed by atoms with Crippen molar-refractivity contribution >= 4 is 11.5 Å². The van der Waals surface area contributed by atoms with Gasteiger partial charge in [-0.1, -0.05) is 0 Å². The summed E-state index contributed by atoms with van der Waals surface area (Å²) in [5, 5.41) is 21.7. The third-order valence-corrected chi connectivity index (χ3v) is 1.60. The first-order valence-corrected chi connectivity index (χ1v) is 4.19. The Morgan fingerprint density at radius 1 is 1.57 bits per heavy atom.